The Morgan fingerprint density at radius 3 is 2.53 bits per heavy atom. The fourth-order valence-corrected chi connectivity index (χ4v) is 3.79. The van der Waals surface area contributed by atoms with Crippen molar-refractivity contribution in [2.75, 3.05) is 38.5 Å². The van der Waals surface area contributed by atoms with Crippen LogP contribution in [0.2, 0.25) is 0 Å². The van der Waals surface area contributed by atoms with Gasteiger partial charge in [-0.05, 0) is 50.2 Å². The number of guanidine groups is 1. The molecule has 3 heterocycles. The summed E-state index contributed by atoms with van der Waals surface area (Å²) in [6, 6.07) is 8.37. The summed E-state index contributed by atoms with van der Waals surface area (Å²) in [5.74, 6) is 2.22. The van der Waals surface area contributed by atoms with Crippen molar-refractivity contribution in [3.63, 3.8) is 0 Å². The van der Waals surface area contributed by atoms with Crippen molar-refractivity contribution >= 4 is 29.3 Å². The van der Waals surface area contributed by atoms with Gasteiger partial charge >= 0.3 is 0 Å². The lowest BCUT2D eigenvalue weighted by Gasteiger charge is -2.34. The number of nitrogens with zero attached hydrogens (tertiary/aromatic N) is 6. The van der Waals surface area contributed by atoms with Crippen LogP contribution in [0.3, 0.4) is 0 Å². The number of nitro benzene ring substituents is 1. The molecule has 4 rings (SSSR count). The first-order valence-corrected chi connectivity index (χ1v) is 11.4. The van der Waals surface area contributed by atoms with Crippen LogP contribution in [0.25, 0.3) is 6.08 Å². The van der Waals surface area contributed by atoms with Crippen molar-refractivity contribution in [2.45, 2.75) is 20.3 Å². The molecule has 2 aliphatic heterocycles. The van der Waals surface area contributed by atoms with Crippen LogP contribution in [0.5, 0.6) is 0 Å². The van der Waals surface area contributed by atoms with Gasteiger partial charge in [0, 0.05) is 61.7 Å². The summed E-state index contributed by atoms with van der Waals surface area (Å²) in [6.45, 7) is 7.92. The summed E-state index contributed by atoms with van der Waals surface area (Å²) < 4.78 is 0. The van der Waals surface area contributed by atoms with E-state index in [1.807, 2.05) is 25.1 Å². The zero-order valence-corrected chi connectivity index (χ0v) is 19.7. The minimum atomic E-state index is -0.399. The lowest BCUT2D eigenvalue weighted by Crippen LogP contribution is -2.43. The first kappa shape index (κ1) is 23.4. The van der Waals surface area contributed by atoms with Crippen LogP contribution in [-0.4, -0.2) is 69.8 Å². The van der Waals surface area contributed by atoms with E-state index in [0.29, 0.717) is 11.8 Å². The van der Waals surface area contributed by atoms with E-state index in [1.54, 1.807) is 12.1 Å². The molecule has 0 aliphatic carbocycles. The Morgan fingerprint density at radius 2 is 1.88 bits per heavy atom. The number of aliphatic imine (C=N–C) groups is 2. The largest absolute Gasteiger partial charge is 0.354 e. The van der Waals surface area contributed by atoms with Gasteiger partial charge in [-0.25, -0.2) is 4.99 Å². The Morgan fingerprint density at radius 1 is 1.15 bits per heavy atom. The third-order valence-corrected chi connectivity index (χ3v) is 5.94. The maximum absolute atomic E-state index is 10.9. The van der Waals surface area contributed by atoms with Crippen LogP contribution in [0.15, 0.2) is 58.3 Å². The number of anilines is 1. The molecule has 178 valence electrons. The van der Waals surface area contributed by atoms with Crippen LogP contribution < -0.4 is 5.32 Å². The monoisotopic (exact) mass is 462 g/mol. The van der Waals surface area contributed by atoms with E-state index in [4.69, 9.17) is 9.98 Å². The lowest BCUT2D eigenvalue weighted by atomic mass is 9.99. The Kier molecular flexibility index (Phi) is 7.17. The molecule has 1 fully saturated rings. The zero-order valence-electron chi connectivity index (χ0n) is 19.7. The molecule has 1 aromatic carbocycles. The number of nitrogens with one attached hydrogen (secondary N) is 2. The average Bonchev–Trinajstić information content (AvgIpc) is 3.23. The molecule has 0 bridgehead atoms. The number of aromatic amines is 1. The normalized spacial score (nSPS) is 24.4. The van der Waals surface area contributed by atoms with Gasteiger partial charge in [-0.2, -0.15) is 10.1 Å². The molecular formula is C24H30N8O2. The van der Waals surface area contributed by atoms with Crippen molar-refractivity contribution < 1.29 is 4.92 Å². The highest BCUT2D eigenvalue weighted by Gasteiger charge is 2.20. The smallest absolute Gasteiger partial charge is 0.269 e. The highest BCUT2D eigenvalue weighted by atomic mass is 16.6. The second-order valence-corrected chi connectivity index (χ2v) is 8.70. The summed E-state index contributed by atoms with van der Waals surface area (Å²) in [7, 11) is 2.13. The number of rotatable bonds is 5. The Labute approximate surface area is 198 Å². The van der Waals surface area contributed by atoms with Gasteiger partial charge in [0.15, 0.2) is 5.82 Å². The van der Waals surface area contributed by atoms with Crippen molar-refractivity contribution in [3.05, 3.63) is 69.7 Å². The van der Waals surface area contributed by atoms with Gasteiger partial charge in [-0.15, -0.1) is 0 Å². The molecule has 34 heavy (non-hydrogen) atoms. The number of H-pyrrole nitrogens is 1. The van der Waals surface area contributed by atoms with E-state index in [0.717, 1.165) is 55.4 Å². The number of benzene rings is 1. The number of hydrogen-bond acceptors (Lipinski definition) is 8. The molecule has 1 atom stereocenters. The van der Waals surface area contributed by atoms with Crippen LogP contribution >= 0.6 is 0 Å². The zero-order chi connectivity index (χ0) is 24.1. The van der Waals surface area contributed by atoms with Gasteiger partial charge < -0.3 is 15.1 Å². The van der Waals surface area contributed by atoms with Crippen molar-refractivity contribution in [1.82, 2.24) is 20.0 Å². The number of aryl methyl sites for hydroxylation is 1. The number of aromatic nitrogens is 2. The molecule has 2 aliphatic rings. The van der Waals surface area contributed by atoms with Gasteiger partial charge in [0.25, 0.3) is 5.69 Å². The first-order valence-electron chi connectivity index (χ1n) is 11.4. The summed E-state index contributed by atoms with van der Waals surface area (Å²) in [5, 5.41) is 21.4. The number of piperazine rings is 1. The second kappa shape index (κ2) is 10.4. The predicted molar refractivity (Wildman–Crippen MR) is 135 cm³/mol. The number of non-ortho nitro benzene ring substituents is 1. The SMILES string of the molecule is Cc1cc(NC2=N/C(N3CCN(C)CC3)=C/CC(C)C(/C=C/c3ccc([N+](=O)[O-])cc3)=N\2)n[nH]1. The first-order chi connectivity index (χ1) is 16.4. The van der Waals surface area contributed by atoms with Crippen molar-refractivity contribution in [3.8, 4) is 0 Å². The maximum Gasteiger partial charge on any atom is 0.269 e. The molecule has 10 heteroatoms. The average molecular weight is 463 g/mol. The highest BCUT2D eigenvalue weighted by molar-refractivity contribution is 6.09. The van der Waals surface area contributed by atoms with Gasteiger partial charge in [0.2, 0.25) is 5.96 Å². The molecule has 10 nitrogen and oxygen atoms in total. The minimum Gasteiger partial charge on any atom is -0.354 e. The lowest BCUT2D eigenvalue weighted by molar-refractivity contribution is -0.384. The Hall–Kier alpha value is -3.79. The van der Waals surface area contributed by atoms with Crippen LogP contribution in [0.4, 0.5) is 11.5 Å². The quantitative estimate of drug-likeness (QED) is 0.517. The summed E-state index contributed by atoms with van der Waals surface area (Å²) in [5.41, 5.74) is 2.75. The van der Waals surface area contributed by atoms with Gasteiger partial charge in [-0.3, -0.25) is 15.2 Å². The third-order valence-electron chi connectivity index (χ3n) is 5.94. The van der Waals surface area contributed by atoms with E-state index in [2.05, 4.69) is 45.4 Å². The molecule has 2 aromatic rings. The molecule has 0 spiro atoms. The Balaban J connectivity index is 1.62. The fraction of sp³-hybridized carbons (Fsp3) is 0.375. The second-order valence-electron chi connectivity index (χ2n) is 8.70. The molecule has 1 aromatic heterocycles. The van der Waals surface area contributed by atoms with Crippen molar-refractivity contribution in [1.29, 1.82) is 0 Å². The number of nitro groups is 1. The Bertz CT molecular complexity index is 1140. The summed E-state index contributed by atoms with van der Waals surface area (Å²) in [4.78, 5) is 24.9. The standard InChI is InChI=1S/C24H30N8O2/c1-17-4-11-23(31-14-12-30(3)13-15-31)27-24(26-22-16-18(2)28-29-22)25-21(17)10-7-19-5-8-20(9-6-19)32(33)34/h5-11,16-17H,4,12-15H2,1-3H3,(H2,26,27,28,29)/b10-7+,23-11-,25-21-. The highest BCUT2D eigenvalue weighted by Crippen LogP contribution is 2.20. The topological polar surface area (TPSA) is 115 Å². The summed E-state index contributed by atoms with van der Waals surface area (Å²) in [6.07, 6.45) is 6.86. The van der Waals surface area contributed by atoms with E-state index in [9.17, 15) is 10.1 Å². The molecule has 2 N–H and O–H groups in total. The number of hydrogen-bond donors (Lipinski definition) is 2. The molecule has 1 saturated heterocycles. The third kappa shape index (κ3) is 5.96. The van der Waals surface area contributed by atoms with Gasteiger partial charge in [-0.1, -0.05) is 13.0 Å². The summed E-state index contributed by atoms with van der Waals surface area (Å²) >= 11 is 0. The van der Waals surface area contributed by atoms with E-state index in [-0.39, 0.29) is 11.6 Å². The fourth-order valence-electron chi connectivity index (χ4n) is 3.79. The molecule has 1 unspecified atom stereocenters. The van der Waals surface area contributed by atoms with Gasteiger partial charge in [0.1, 0.15) is 5.82 Å². The van der Waals surface area contributed by atoms with Crippen LogP contribution in [0, 0.1) is 23.0 Å². The maximum atomic E-state index is 10.9. The minimum absolute atomic E-state index is 0.0725. The number of allylic oxidation sites excluding steroid dienone is 2. The molecule has 0 amide bonds. The molecule has 0 radical (unpaired) electrons. The van der Waals surface area contributed by atoms with E-state index in [1.165, 1.54) is 12.1 Å². The van der Waals surface area contributed by atoms with E-state index < -0.39 is 4.92 Å². The molecule has 0 saturated carbocycles. The van der Waals surface area contributed by atoms with Crippen LogP contribution in [0.1, 0.15) is 24.6 Å². The van der Waals surface area contributed by atoms with Crippen molar-refractivity contribution in [2.24, 2.45) is 15.9 Å². The predicted octanol–water partition coefficient (Wildman–Crippen LogP) is 3.68. The van der Waals surface area contributed by atoms with E-state index >= 15 is 0 Å². The molecular weight excluding hydrogens is 432 g/mol. The van der Waals surface area contributed by atoms with Gasteiger partial charge in [0.05, 0.1) is 4.92 Å². The van der Waals surface area contributed by atoms with Crippen LogP contribution in [-0.2, 0) is 0 Å². The number of likely N-dealkylation sites (N-methyl/N-ethyl adjacent to an activating group) is 1.